The molecule has 1 fully saturated rings. The largest absolute Gasteiger partial charge is 0.494 e. The summed E-state index contributed by atoms with van der Waals surface area (Å²) in [6, 6.07) is 13.1. The molecule has 6 nitrogen and oxygen atoms in total. The van der Waals surface area contributed by atoms with Crippen LogP contribution >= 0.6 is 11.8 Å². The third-order valence-electron chi connectivity index (χ3n) is 5.36. The first kappa shape index (κ1) is 22.2. The number of esters is 1. The number of thioether (sulfide) groups is 1. The van der Waals surface area contributed by atoms with Gasteiger partial charge in [-0.1, -0.05) is 18.2 Å². The zero-order valence-electron chi connectivity index (χ0n) is 17.5. The standard InChI is InChI=1S/C23H28N2O4S/c1-3-28-22(27)23(13-16-29-18-9-5-4-6-10-18)12-8-15-25(17-23)21(26)19-11-7-14-24-20(19)30-2/h4-7,9-11,14H,3,8,12-13,15-17H2,1-2H3. The Kier molecular flexibility index (Phi) is 7.74. The topological polar surface area (TPSA) is 68.7 Å². The maximum atomic E-state index is 13.2. The van der Waals surface area contributed by atoms with E-state index < -0.39 is 5.41 Å². The van der Waals surface area contributed by atoms with Crippen LogP contribution in [0.15, 0.2) is 53.7 Å². The quantitative estimate of drug-likeness (QED) is 0.467. The molecule has 1 aliphatic heterocycles. The van der Waals surface area contributed by atoms with Crippen molar-refractivity contribution in [2.75, 3.05) is 32.6 Å². The number of likely N-dealkylation sites (tertiary alicyclic amines) is 1. The molecule has 0 aliphatic carbocycles. The number of pyridine rings is 1. The summed E-state index contributed by atoms with van der Waals surface area (Å²) in [5.74, 6) is 0.417. The lowest BCUT2D eigenvalue weighted by Crippen LogP contribution is -2.51. The fraction of sp³-hybridized carbons (Fsp3) is 0.435. The lowest BCUT2D eigenvalue weighted by atomic mass is 9.77. The molecule has 0 N–H and O–H groups in total. The van der Waals surface area contributed by atoms with E-state index in [1.165, 1.54) is 11.8 Å². The number of carbonyl (C=O) groups is 2. The van der Waals surface area contributed by atoms with Crippen molar-refractivity contribution < 1.29 is 19.1 Å². The number of para-hydroxylation sites is 1. The summed E-state index contributed by atoms with van der Waals surface area (Å²) in [6.45, 7) is 3.44. The molecule has 0 saturated carbocycles. The Morgan fingerprint density at radius 3 is 2.73 bits per heavy atom. The number of hydrogen-bond acceptors (Lipinski definition) is 6. The predicted octanol–water partition coefficient (Wildman–Crippen LogP) is 4.06. The monoisotopic (exact) mass is 428 g/mol. The number of benzene rings is 1. The average Bonchev–Trinajstić information content (AvgIpc) is 2.79. The molecule has 1 atom stereocenters. The van der Waals surface area contributed by atoms with Gasteiger partial charge in [0.2, 0.25) is 0 Å². The highest BCUT2D eigenvalue weighted by molar-refractivity contribution is 7.98. The molecular weight excluding hydrogens is 400 g/mol. The molecule has 1 aromatic carbocycles. The van der Waals surface area contributed by atoms with Gasteiger partial charge in [0.15, 0.2) is 0 Å². The Labute approximate surface area is 182 Å². The van der Waals surface area contributed by atoms with Crippen LogP contribution in [0.1, 0.15) is 36.5 Å². The number of hydrogen-bond donors (Lipinski definition) is 0. The SMILES string of the molecule is CCOC(=O)C1(CCOc2ccccc2)CCCN(C(=O)c2cccnc2SC)C1. The molecule has 1 unspecified atom stereocenters. The summed E-state index contributed by atoms with van der Waals surface area (Å²) in [5, 5.41) is 0.696. The van der Waals surface area contributed by atoms with Crippen molar-refractivity contribution in [2.45, 2.75) is 31.2 Å². The first-order valence-corrected chi connectivity index (χ1v) is 11.5. The van der Waals surface area contributed by atoms with Gasteiger partial charge in [-0.25, -0.2) is 4.98 Å². The molecular formula is C23H28N2O4S. The van der Waals surface area contributed by atoms with Gasteiger partial charge in [0, 0.05) is 19.3 Å². The van der Waals surface area contributed by atoms with Crippen LogP contribution in [0.25, 0.3) is 0 Å². The van der Waals surface area contributed by atoms with Gasteiger partial charge in [-0.05, 0) is 56.7 Å². The summed E-state index contributed by atoms with van der Waals surface area (Å²) < 4.78 is 11.3. The van der Waals surface area contributed by atoms with Crippen molar-refractivity contribution in [3.8, 4) is 5.75 Å². The van der Waals surface area contributed by atoms with Crippen LogP contribution in [-0.4, -0.2) is 54.3 Å². The predicted molar refractivity (Wildman–Crippen MR) is 117 cm³/mol. The third kappa shape index (κ3) is 5.14. The van der Waals surface area contributed by atoms with Crippen molar-refractivity contribution in [3.05, 3.63) is 54.2 Å². The number of ether oxygens (including phenoxy) is 2. The zero-order chi connectivity index (χ0) is 21.4. The maximum absolute atomic E-state index is 13.2. The lowest BCUT2D eigenvalue weighted by Gasteiger charge is -2.41. The summed E-state index contributed by atoms with van der Waals surface area (Å²) in [5.41, 5.74) is -0.189. The van der Waals surface area contributed by atoms with Gasteiger partial charge in [0.05, 0.1) is 24.2 Å². The highest BCUT2D eigenvalue weighted by atomic mass is 32.2. The fourth-order valence-corrected chi connectivity index (χ4v) is 4.37. The van der Waals surface area contributed by atoms with Gasteiger partial charge in [0.25, 0.3) is 5.91 Å². The number of aromatic nitrogens is 1. The number of piperidine rings is 1. The summed E-state index contributed by atoms with van der Waals surface area (Å²) in [7, 11) is 0. The molecule has 2 aromatic rings. The summed E-state index contributed by atoms with van der Waals surface area (Å²) in [4.78, 5) is 32.3. The molecule has 0 spiro atoms. The van der Waals surface area contributed by atoms with Crippen LogP contribution in [0.3, 0.4) is 0 Å². The van der Waals surface area contributed by atoms with Crippen LogP contribution in [-0.2, 0) is 9.53 Å². The van der Waals surface area contributed by atoms with Gasteiger partial charge in [0.1, 0.15) is 10.8 Å². The molecule has 0 radical (unpaired) electrons. The zero-order valence-corrected chi connectivity index (χ0v) is 18.3. The molecule has 30 heavy (non-hydrogen) atoms. The van der Waals surface area contributed by atoms with Gasteiger partial charge < -0.3 is 14.4 Å². The third-order valence-corrected chi connectivity index (χ3v) is 6.07. The Hall–Kier alpha value is -2.54. The minimum atomic E-state index is -0.763. The molecule has 0 bridgehead atoms. The smallest absolute Gasteiger partial charge is 0.314 e. The Morgan fingerprint density at radius 2 is 2.00 bits per heavy atom. The maximum Gasteiger partial charge on any atom is 0.314 e. The second-order valence-corrected chi connectivity index (χ2v) is 8.10. The van der Waals surface area contributed by atoms with E-state index in [4.69, 9.17) is 9.47 Å². The van der Waals surface area contributed by atoms with Crippen LogP contribution in [0.2, 0.25) is 0 Å². The number of amides is 1. The normalized spacial score (nSPS) is 18.7. The Bertz CT molecular complexity index is 861. The second kappa shape index (κ2) is 10.5. The van der Waals surface area contributed by atoms with Gasteiger partial charge in [-0.15, -0.1) is 11.8 Å². The van der Waals surface area contributed by atoms with Crippen molar-refractivity contribution in [1.29, 1.82) is 0 Å². The van der Waals surface area contributed by atoms with Crippen LogP contribution in [0.4, 0.5) is 0 Å². The van der Waals surface area contributed by atoms with Crippen molar-refractivity contribution in [3.63, 3.8) is 0 Å². The van der Waals surface area contributed by atoms with Crippen LogP contribution < -0.4 is 4.74 Å². The first-order chi connectivity index (χ1) is 14.6. The van der Waals surface area contributed by atoms with E-state index in [1.807, 2.05) is 36.6 Å². The first-order valence-electron chi connectivity index (χ1n) is 10.2. The number of carbonyl (C=O) groups excluding carboxylic acids is 2. The van der Waals surface area contributed by atoms with E-state index in [0.717, 1.165) is 12.2 Å². The van der Waals surface area contributed by atoms with E-state index >= 15 is 0 Å². The fourth-order valence-electron chi connectivity index (χ4n) is 3.83. The van der Waals surface area contributed by atoms with E-state index in [9.17, 15) is 9.59 Å². The molecule has 3 rings (SSSR count). The number of rotatable bonds is 8. The van der Waals surface area contributed by atoms with Gasteiger partial charge in [-0.2, -0.15) is 0 Å². The highest BCUT2D eigenvalue weighted by Crippen LogP contribution is 2.36. The molecule has 160 valence electrons. The van der Waals surface area contributed by atoms with Gasteiger partial charge >= 0.3 is 5.97 Å². The molecule has 2 heterocycles. The molecule has 1 aliphatic rings. The Morgan fingerprint density at radius 1 is 1.20 bits per heavy atom. The molecule has 1 saturated heterocycles. The second-order valence-electron chi connectivity index (χ2n) is 7.30. The van der Waals surface area contributed by atoms with E-state index in [-0.39, 0.29) is 11.9 Å². The number of nitrogens with zero attached hydrogens (tertiary/aromatic N) is 2. The van der Waals surface area contributed by atoms with Crippen LogP contribution in [0.5, 0.6) is 5.75 Å². The van der Waals surface area contributed by atoms with Crippen LogP contribution in [0, 0.1) is 5.41 Å². The highest BCUT2D eigenvalue weighted by Gasteiger charge is 2.45. The van der Waals surface area contributed by atoms with E-state index in [2.05, 4.69) is 4.98 Å². The lowest BCUT2D eigenvalue weighted by molar-refractivity contribution is -0.159. The minimum Gasteiger partial charge on any atom is -0.494 e. The molecule has 1 aromatic heterocycles. The minimum absolute atomic E-state index is 0.0928. The van der Waals surface area contributed by atoms with E-state index in [0.29, 0.717) is 49.7 Å². The van der Waals surface area contributed by atoms with Crippen molar-refractivity contribution >= 4 is 23.6 Å². The molecule has 1 amide bonds. The van der Waals surface area contributed by atoms with E-state index in [1.54, 1.807) is 30.2 Å². The average molecular weight is 429 g/mol. The van der Waals surface area contributed by atoms with Crippen molar-refractivity contribution in [1.82, 2.24) is 9.88 Å². The van der Waals surface area contributed by atoms with Crippen molar-refractivity contribution in [2.24, 2.45) is 5.41 Å². The van der Waals surface area contributed by atoms with Gasteiger partial charge in [-0.3, -0.25) is 9.59 Å². The summed E-state index contributed by atoms with van der Waals surface area (Å²) in [6.07, 6.45) is 5.50. The summed E-state index contributed by atoms with van der Waals surface area (Å²) >= 11 is 1.44. The Balaban J connectivity index is 1.76. The molecule has 7 heteroatoms.